The van der Waals surface area contributed by atoms with Crippen molar-refractivity contribution in [1.29, 1.82) is 0 Å². The van der Waals surface area contributed by atoms with Crippen molar-refractivity contribution >= 4 is 51.8 Å². The second-order valence-corrected chi connectivity index (χ2v) is 19.5. The van der Waals surface area contributed by atoms with E-state index in [-0.39, 0.29) is 30.3 Å². The van der Waals surface area contributed by atoms with Gasteiger partial charge >= 0.3 is 18.3 Å². The maximum atomic E-state index is 12.5. The van der Waals surface area contributed by atoms with E-state index in [1.807, 2.05) is 106 Å². The standard InChI is InChI=1S/C24H29N3O3.C20H23N3O6.C8H9N3.C6H15N.2CH4/c1-24(2,3)30-23(29)27-16-19-7-5-4-6-17(19)8-10-20(28)11-9-18-12-14-25-22-21(18)13-15-26-22;1-20(2,3)29-19(25)22-13-15-7-5-4-6-14(15)12-21-18(24)28-17-10-8-16(9-11-17)23(26)27;9-5-6-1-3-10-8-7(6)2-4-11-8;1-4-7(5-2)6-3;;/h4-7,12-15H,8-11,16H2,1-3H3,(H,25,26)(H,27,29);4-11H,12-13H2,1-3H3,(H,21,24)(H,22,25);1-4H,5,9H2,(H,10,11);4-6H2,1-3H3;2*1H4/i;;;;2*1D. The number of aromatic amines is 2. The van der Waals surface area contributed by atoms with Crippen LogP contribution in [0.4, 0.5) is 20.1 Å². The summed E-state index contributed by atoms with van der Waals surface area (Å²) in [5, 5.41) is 20.9. The molecule has 0 aliphatic rings. The Bertz CT molecular complexity index is 2960. The number of aromatic nitrogens is 4. The van der Waals surface area contributed by atoms with Gasteiger partial charge in [0.1, 0.15) is 34.0 Å². The molecule has 4 aromatic heterocycles. The Balaban J connectivity index is 0.000000405. The topological polar surface area (TPSA) is 262 Å². The van der Waals surface area contributed by atoms with E-state index < -0.39 is 34.4 Å². The van der Waals surface area contributed by atoms with Crippen molar-refractivity contribution in [3.63, 3.8) is 0 Å². The van der Waals surface area contributed by atoms with Crippen LogP contribution in [-0.2, 0) is 53.3 Å². The molecule has 0 spiro atoms. The molecule has 0 bridgehead atoms. The fourth-order valence-corrected chi connectivity index (χ4v) is 7.56. The van der Waals surface area contributed by atoms with Crippen LogP contribution in [0.1, 0.15) is 126 Å². The lowest BCUT2D eigenvalue weighted by Gasteiger charge is -2.20. The molecule has 79 heavy (non-hydrogen) atoms. The molecule has 0 aliphatic carbocycles. The van der Waals surface area contributed by atoms with Crippen molar-refractivity contribution in [3.8, 4) is 5.75 Å². The number of non-ortho nitro benzene ring substituents is 1. The predicted molar refractivity (Wildman–Crippen MR) is 314 cm³/mol. The average Bonchev–Trinajstić information content (AvgIpc) is 4.15. The Kier molecular flexibility index (Phi) is 27.2. The molecule has 0 fully saturated rings. The van der Waals surface area contributed by atoms with Crippen LogP contribution >= 0.6 is 0 Å². The first kappa shape index (κ1) is 63.4. The zero-order valence-corrected chi connectivity index (χ0v) is 47.9. The lowest BCUT2D eigenvalue weighted by Crippen LogP contribution is -2.32. The maximum Gasteiger partial charge on any atom is 0.412 e. The van der Waals surface area contributed by atoms with Gasteiger partial charge in [-0.05, 0) is 144 Å². The molecule has 0 atom stereocenters. The number of aryl methyl sites for hydroxylation is 2. The van der Waals surface area contributed by atoms with Crippen LogP contribution in [0.25, 0.3) is 22.1 Å². The van der Waals surface area contributed by atoms with E-state index in [2.05, 4.69) is 61.6 Å². The highest BCUT2D eigenvalue weighted by Gasteiger charge is 2.18. The number of amides is 3. The first-order valence-electron chi connectivity index (χ1n) is 27.8. The number of Topliss-reactive ketones (excluding diaryl/α,β-unsaturated/α-hetero) is 1. The summed E-state index contributed by atoms with van der Waals surface area (Å²) in [4.78, 5) is 75.2. The summed E-state index contributed by atoms with van der Waals surface area (Å²) in [6.45, 7) is 22.3. The van der Waals surface area contributed by atoms with Gasteiger partial charge in [0.25, 0.3) is 5.69 Å². The Hall–Kier alpha value is -8.16. The molecule has 0 saturated heterocycles. The molecule has 0 radical (unpaired) electrons. The van der Waals surface area contributed by atoms with E-state index in [4.69, 9.17) is 22.7 Å². The monoisotopic (exact) mass is 1090 g/mol. The van der Waals surface area contributed by atoms with Gasteiger partial charge < -0.3 is 50.8 Å². The van der Waals surface area contributed by atoms with E-state index in [1.54, 1.807) is 33.2 Å². The Labute approximate surface area is 468 Å². The van der Waals surface area contributed by atoms with Crippen molar-refractivity contribution in [2.24, 2.45) is 5.73 Å². The van der Waals surface area contributed by atoms with Gasteiger partial charge in [-0.3, -0.25) is 14.9 Å². The molecular weight excluding hydrogens is 1000 g/mol. The molecule has 19 nitrogen and oxygen atoms in total. The number of alkyl carbamates (subject to hydrolysis) is 2. The van der Waals surface area contributed by atoms with Crippen molar-refractivity contribution in [2.75, 3.05) is 19.6 Å². The van der Waals surface area contributed by atoms with E-state index in [0.29, 0.717) is 38.8 Å². The third kappa shape index (κ3) is 24.4. The van der Waals surface area contributed by atoms with Crippen LogP contribution in [0.3, 0.4) is 0 Å². The summed E-state index contributed by atoms with van der Waals surface area (Å²) >= 11 is 0. The summed E-state index contributed by atoms with van der Waals surface area (Å²) in [6.07, 6.45) is 7.94. The fourth-order valence-electron chi connectivity index (χ4n) is 7.56. The molecule has 428 valence electrons. The van der Waals surface area contributed by atoms with Crippen molar-refractivity contribution in [2.45, 2.75) is 140 Å². The molecule has 4 heterocycles. The quantitative estimate of drug-likeness (QED) is 0.0345. The Morgan fingerprint density at radius 2 is 1.01 bits per heavy atom. The molecule has 7 N–H and O–H groups in total. The van der Waals surface area contributed by atoms with Gasteiger partial charge in [-0.2, -0.15) is 0 Å². The van der Waals surface area contributed by atoms with E-state index in [9.17, 15) is 29.3 Å². The molecule has 7 rings (SSSR count). The van der Waals surface area contributed by atoms with Crippen molar-refractivity contribution in [3.05, 3.63) is 165 Å². The third-order valence-electron chi connectivity index (χ3n) is 11.6. The lowest BCUT2D eigenvalue weighted by atomic mass is 9.98. The smallest absolute Gasteiger partial charge is 0.412 e. The number of fused-ring (bicyclic) bond motifs is 2. The molecule has 0 unspecified atom stereocenters. The minimum absolute atomic E-state index is 0.0934. The molecule has 19 heteroatoms. The molecule has 3 aromatic carbocycles. The fraction of sp³-hybridized carbons (Fsp3) is 0.400. The highest BCUT2D eigenvalue weighted by Crippen LogP contribution is 2.20. The summed E-state index contributed by atoms with van der Waals surface area (Å²) in [7, 11) is 2.50. The van der Waals surface area contributed by atoms with Crippen LogP contribution < -0.4 is 26.4 Å². The van der Waals surface area contributed by atoms with Gasteiger partial charge in [-0.15, -0.1) is 0 Å². The summed E-state index contributed by atoms with van der Waals surface area (Å²) in [6, 6.07) is 28.2. The number of ether oxygens (including phenoxy) is 3. The average molecular weight is 1090 g/mol. The third-order valence-corrected chi connectivity index (χ3v) is 11.6. The lowest BCUT2D eigenvalue weighted by molar-refractivity contribution is -0.384. The maximum absolute atomic E-state index is 12.5. The van der Waals surface area contributed by atoms with Gasteiger partial charge in [0.05, 0.1) is 4.92 Å². The first-order chi connectivity index (χ1) is 38.7. The Morgan fingerprint density at radius 3 is 1.43 bits per heavy atom. The van der Waals surface area contributed by atoms with Gasteiger partial charge in [0, 0.05) is 89.5 Å². The minimum Gasteiger partial charge on any atom is -0.444 e. The van der Waals surface area contributed by atoms with E-state index in [1.165, 1.54) is 58.7 Å². The second-order valence-electron chi connectivity index (χ2n) is 19.5. The zero-order valence-electron chi connectivity index (χ0n) is 49.9. The highest BCUT2D eigenvalue weighted by molar-refractivity contribution is 5.82. The predicted octanol–water partition coefficient (Wildman–Crippen LogP) is 12.3. The van der Waals surface area contributed by atoms with Gasteiger partial charge in [0.2, 0.25) is 0 Å². The van der Waals surface area contributed by atoms with Crippen LogP contribution in [0.2, 0.25) is 0 Å². The van der Waals surface area contributed by atoms with Gasteiger partial charge in [-0.1, -0.05) is 84.1 Å². The van der Waals surface area contributed by atoms with Crippen LogP contribution in [-0.4, -0.2) is 84.7 Å². The van der Waals surface area contributed by atoms with Crippen LogP contribution in [0, 0.1) is 10.1 Å². The van der Waals surface area contributed by atoms with Crippen LogP contribution in [0.15, 0.2) is 122 Å². The largest absolute Gasteiger partial charge is 0.444 e. The number of benzene rings is 3. The number of ketones is 1. The molecule has 3 amide bonds. The van der Waals surface area contributed by atoms with Crippen molar-refractivity contribution < 1.29 is 41.1 Å². The molecule has 7 aromatic rings. The molecule has 0 aliphatic heterocycles. The number of rotatable bonds is 18. The van der Waals surface area contributed by atoms with Crippen LogP contribution in [0.5, 0.6) is 5.75 Å². The minimum atomic E-state index is -0.700. The number of nitrogens with zero attached hydrogens (tertiary/aromatic N) is 4. The summed E-state index contributed by atoms with van der Waals surface area (Å²) in [5.41, 5.74) is 12.0. The van der Waals surface area contributed by atoms with E-state index in [0.717, 1.165) is 55.4 Å². The zero-order chi connectivity index (χ0) is 60.4. The van der Waals surface area contributed by atoms with Crippen molar-refractivity contribution in [1.82, 2.24) is 40.8 Å². The number of nitro benzene ring substituents is 1. The second kappa shape index (κ2) is 33.9. The number of nitrogens with two attached hydrogens (primary N) is 1. The number of nitro groups is 1. The number of hydrogen-bond donors (Lipinski definition) is 6. The number of carbonyl (C=O) groups excluding carboxylic acids is 4. The Morgan fingerprint density at radius 1 is 0.608 bits per heavy atom. The molecular formula is C60H84N10O9. The van der Waals surface area contributed by atoms with Gasteiger partial charge in [0.15, 0.2) is 0 Å². The first-order valence-corrected chi connectivity index (χ1v) is 25.8. The van der Waals surface area contributed by atoms with Gasteiger partial charge in [-0.25, -0.2) is 24.4 Å². The summed E-state index contributed by atoms with van der Waals surface area (Å²) < 4.78 is 27.1. The number of hydrogen-bond acceptors (Lipinski definition) is 13. The summed E-state index contributed by atoms with van der Waals surface area (Å²) in [5.74, 6) is 0.415. The SMILES string of the molecule is CC(C)(C)OC(=O)NCc1ccccc1CCC(=O)CCc1ccnc2[nH]ccc12.CC(C)(C)OC(=O)NCc1ccccc1CNC(=O)Oc1ccc([N+](=O)[O-])cc1.CCN(CC)CC.NCc1ccnc2[nH]ccc12.[2H]C.[2H]C. The number of H-pyrrole nitrogens is 2. The number of pyridine rings is 2. The van der Waals surface area contributed by atoms with E-state index >= 15 is 0 Å². The molecule has 0 saturated carbocycles. The normalized spacial score (nSPS) is 10.8. The number of nitrogens with one attached hydrogen (secondary N) is 5. The number of carbonyl (C=O) groups is 4. The highest BCUT2D eigenvalue weighted by atomic mass is 16.6.